The number of rotatable bonds is 5. The second-order valence-corrected chi connectivity index (χ2v) is 8.33. The molecular formula is C19H15ClO2S2. The Balaban J connectivity index is 1.64. The summed E-state index contributed by atoms with van der Waals surface area (Å²) in [7, 11) is 0. The van der Waals surface area contributed by atoms with Crippen LogP contribution in [-0.2, 0) is 4.79 Å². The lowest BCUT2D eigenvalue weighted by molar-refractivity contribution is -0.114. The molecule has 2 aromatic rings. The molecular weight excluding hydrogens is 360 g/mol. The summed E-state index contributed by atoms with van der Waals surface area (Å²) in [4.78, 5) is 24.2. The van der Waals surface area contributed by atoms with Crippen LogP contribution in [0.1, 0.15) is 27.6 Å². The number of benzene rings is 2. The summed E-state index contributed by atoms with van der Waals surface area (Å²) in [5, 5.41) is 0.763. The van der Waals surface area contributed by atoms with Crippen molar-refractivity contribution in [3.63, 3.8) is 0 Å². The number of carbonyl (C=O) groups excluding carboxylic acids is 2. The molecule has 1 atom stereocenters. The third-order valence-electron chi connectivity index (χ3n) is 3.61. The highest BCUT2D eigenvalue weighted by Gasteiger charge is 2.23. The van der Waals surface area contributed by atoms with Gasteiger partial charge < -0.3 is 0 Å². The van der Waals surface area contributed by atoms with Crippen LogP contribution in [0.2, 0.25) is 5.02 Å². The van der Waals surface area contributed by atoms with E-state index in [2.05, 4.69) is 0 Å². The van der Waals surface area contributed by atoms with Crippen LogP contribution < -0.4 is 0 Å². The lowest BCUT2D eigenvalue weighted by Gasteiger charge is -2.21. The zero-order chi connectivity index (χ0) is 16.9. The molecule has 1 aliphatic rings. The number of hydrogen-bond acceptors (Lipinski definition) is 4. The number of hydrogen-bond donors (Lipinski definition) is 0. The van der Waals surface area contributed by atoms with Crippen molar-refractivity contribution >= 4 is 46.7 Å². The Hall–Kier alpha value is -1.49. The monoisotopic (exact) mass is 374 g/mol. The van der Waals surface area contributed by atoms with Crippen LogP contribution in [0, 0.1) is 0 Å². The zero-order valence-corrected chi connectivity index (χ0v) is 15.2. The van der Waals surface area contributed by atoms with Gasteiger partial charge in [-0.15, -0.1) is 23.5 Å². The molecule has 1 aliphatic heterocycles. The highest BCUT2D eigenvalue weighted by molar-refractivity contribution is 8.22. The third kappa shape index (κ3) is 4.53. The molecule has 1 heterocycles. The summed E-state index contributed by atoms with van der Waals surface area (Å²) in [5.41, 5.74) is 1.78. The number of halogens is 1. The first-order valence-electron chi connectivity index (χ1n) is 7.49. The summed E-state index contributed by atoms with van der Waals surface area (Å²) in [6.45, 7) is 0. The Morgan fingerprint density at radius 1 is 1.12 bits per heavy atom. The largest absolute Gasteiger partial charge is 0.295 e. The molecule has 0 bridgehead atoms. The van der Waals surface area contributed by atoms with Crippen LogP contribution in [0.3, 0.4) is 0 Å². The molecule has 0 unspecified atom stereocenters. The molecule has 2 nitrogen and oxygen atoms in total. The molecule has 122 valence electrons. The lowest BCUT2D eigenvalue weighted by atomic mass is 10.1. The van der Waals surface area contributed by atoms with Crippen LogP contribution in [0.25, 0.3) is 0 Å². The van der Waals surface area contributed by atoms with E-state index in [0.29, 0.717) is 22.8 Å². The quantitative estimate of drug-likeness (QED) is 0.643. The van der Waals surface area contributed by atoms with Gasteiger partial charge in [0, 0.05) is 32.6 Å². The predicted octanol–water partition coefficient (Wildman–Crippen LogP) is 5.54. The van der Waals surface area contributed by atoms with Gasteiger partial charge in [-0.25, -0.2) is 0 Å². The lowest BCUT2D eigenvalue weighted by Crippen LogP contribution is -2.09. The molecule has 0 N–H and O–H groups in total. The van der Waals surface area contributed by atoms with E-state index in [0.717, 1.165) is 9.80 Å². The van der Waals surface area contributed by atoms with Crippen molar-refractivity contribution in [3.05, 3.63) is 81.1 Å². The van der Waals surface area contributed by atoms with Crippen LogP contribution in [0.15, 0.2) is 64.9 Å². The van der Waals surface area contributed by atoms with Crippen molar-refractivity contribution in [3.8, 4) is 0 Å². The van der Waals surface area contributed by atoms with Crippen molar-refractivity contribution in [2.75, 3.05) is 5.75 Å². The van der Waals surface area contributed by atoms with Gasteiger partial charge >= 0.3 is 0 Å². The SMILES string of the molecule is O=C1C=C(SCC(=O)c2ccccc2)S[C@@H](c2ccc(Cl)cc2)C1. The number of thioether (sulfide) groups is 2. The van der Waals surface area contributed by atoms with Gasteiger partial charge in [-0.05, 0) is 17.7 Å². The number of carbonyl (C=O) groups is 2. The van der Waals surface area contributed by atoms with Gasteiger partial charge in [-0.2, -0.15) is 0 Å². The van der Waals surface area contributed by atoms with E-state index in [4.69, 9.17) is 11.6 Å². The third-order valence-corrected chi connectivity index (χ3v) is 6.38. The minimum Gasteiger partial charge on any atom is -0.295 e. The standard InChI is InChI=1S/C19H15ClO2S2/c20-15-8-6-14(7-9-15)18-10-16(21)11-19(24-18)23-12-17(22)13-4-2-1-3-5-13/h1-9,11,18H,10,12H2/t18-/m1/s1. The Bertz CT molecular complexity index is 770. The van der Waals surface area contributed by atoms with Crippen LogP contribution >= 0.6 is 35.1 Å². The van der Waals surface area contributed by atoms with E-state index in [1.165, 1.54) is 11.8 Å². The second-order valence-electron chi connectivity index (χ2n) is 5.37. The number of Topliss-reactive ketones (excluding diaryl/α,β-unsaturated/α-hetero) is 1. The van der Waals surface area contributed by atoms with E-state index >= 15 is 0 Å². The smallest absolute Gasteiger partial charge is 0.173 e. The van der Waals surface area contributed by atoms with Crippen molar-refractivity contribution < 1.29 is 9.59 Å². The van der Waals surface area contributed by atoms with Crippen LogP contribution in [0.5, 0.6) is 0 Å². The fourth-order valence-corrected chi connectivity index (χ4v) is 4.97. The van der Waals surface area contributed by atoms with E-state index < -0.39 is 0 Å². The molecule has 5 heteroatoms. The number of allylic oxidation sites excluding steroid dienone is 1. The molecule has 0 aliphatic carbocycles. The summed E-state index contributed by atoms with van der Waals surface area (Å²) >= 11 is 9.00. The highest BCUT2D eigenvalue weighted by atomic mass is 35.5. The Kier molecular flexibility index (Phi) is 5.82. The van der Waals surface area contributed by atoms with E-state index in [-0.39, 0.29) is 16.8 Å². The van der Waals surface area contributed by atoms with Crippen molar-refractivity contribution in [2.24, 2.45) is 0 Å². The van der Waals surface area contributed by atoms with Crippen LogP contribution in [0.4, 0.5) is 0 Å². The molecule has 0 aromatic heterocycles. The molecule has 0 amide bonds. The highest BCUT2D eigenvalue weighted by Crippen LogP contribution is 2.45. The minimum atomic E-state index is 0.0724. The van der Waals surface area contributed by atoms with Gasteiger partial charge in [0.2, 0.25) is 0 Å². The minimum absolute atomic E-state index is 0.0724. The average molecular weight is 375 g/mol. The molecule has 0 fully saturated rings. The van der Waals surface area contributed by atoms with Crippen molar-refractivity contribution in [2.45, 2.75) is 11.7 Å². The normalized spacial score (nSPS) is 17.5. The predicted molar refractivity (Wildman–Crippen MR) is 103 cm³/mol. The Morgan fingerprint density at radius 2 is 1.83 bits per heavy atom. The maximum Gasteiger partial charge on any atom is 0.173 e. The van der Waals surface area contributed by atoms with Gasteiger partial charge in [-0.3, -0.25) is 9.59 Å². The van der Waals surface area contributed by atoms with Gasteiger partial charge in [-0.1, -0.05) is 54.1 Å². The van der Waals surface area contributed by atoms with Gasteiger partial charge in [0.1, 0.15) is 0 Å². The van der Waals surface area contributed by atoms with E-state index in [9.17, 15) is 9.59 Å². The first-order chi connectivity index (χ1) is 11.6. The molecule has 0 saturated heterocycles. The summed E-state index contributed by atoms with van der Waals surface area (Å²) in [5.74, 6) is 0.509. The van der Waals surface area contributed by atoms with E-state index in [1.807, 2.05) is 54.6 Å². The molecule has 0 radical (unpaired) electrons. The van der Waals surface area contributed by atoms with Gasteiger partial charge in [0.15, 0.2) is 11.6 Å². The summed E-state index contributed by atoms with van der Waals surface area (Å²) in [6.07, 6.45) is 2.13. The topological polar surface area (TPSA) is 34.1 Å². The van der Waals surface area contributed by atoms with E-state index in [1.54, 1.807) is 17.8 Å². The molecule has 3 rings (SSSR count). The van der Waals surface area contributed by atoms with Crippen molar-refractivity contribution in [1.29, 1.82) is 0 Å². The molecule has 24 heavy (non-hydrogen) atoms. The molecule has 0 saturated carbocycles. The average Bonchev–Trinajstić information content (AvgIpc) is 2.60. The molecule has 0 spiro atoms. The van der Waals surface area contributed by atoms with Gasteiger partial charge in [0.05, 0.1) is 5.75 Å². The first-order valence-corrected chi connectivity index (χ1v) is 9.74. The Morgan fingerprint density at radius 3 is 2.54 bits per heavy atom. The summed E-state index contributed by atoms with van der Waals surface area (Å²) < 4.78 is 0.899. The fraction of sp³-hybridized carbons (Fsp3) is 0.158. The van der Waals surface area contributed by atoms with Gasteiger partial charge in [0.25, 0.3) is 0 Å². The summed E-state index contributed by atoms with van der Waals surface area (Å²) in [6, 6.07) is 16.8. The first kappa shape index (κ1) is 17.3. The maximum absolute atomic E-state index is 12.2. The number of ketones is 2. The molecule has 2 aromatic carbocycles. The van der Waals surface area contributed by atoms with Crippen LogP contribution in [-0.4, -0.2) is 17.3 Å². The second kappa shape index (κ2) is 8.06. The van der Waals surface area contributed by atoms with Crippen molar-refractivity contribution in [1.82, 2.24) is 0 Å². The fourth-order valence-electron chi connectivity index (χ4n) is 2.37. The Labute approximate surface area is 154 Å². The maximum atomic E-state index is 12.2. The zero-order valence-electron chi connectivity index (χ0n) is 12.8.